The van der Waals surface area contributed by atoms with Crippen LogP contribution >= 0.6 is 0 Å². The average Bonchev–Trinajstić information content (AvgIpc) is 2.50. The van der Waals surface area contributed by atoms with E-state index >= 15 is 0 Å². The Balaban J connectivity index is 2.13. The fraction of sp³-hybridized carbons (Fsp3) is 0.750. The molecule has 0 bridgehead atoms. The fourth-order valence-electron chi connectivity index (χ4n) is 2.01. The summed E-state index contributed by atoms with van der Waals surface area (Å²) in [6, 6.07) is 0.579. The van der Waals surface area contributed by atoms with Crippen molar-refractivity contribution >= 4 is 0 Å². The quantitative estimate of drug-likeness (QED) is 0.824. The molecule has 4 nitrogen and oxygen atoms in total. The van der Waals surface area contributed by atoms with Crippen LogP contribution in [0.15, 0.2) is 6.20 Å². The van der Waals surface area contributed by atoms with Gasteiger partial charge in [-0.1, -0.05) is 0 Å². The first-order chi connectivity index (χ1) is 7.68. The maximum Gasteiger partial charge on any atom is 0.110 e. The van der Waals surface area contributed by atoms with Gasteiger partial charge < -0.3 is 9.88 Å². The van der Waals surface area contributed by atoms with E-state index in [4.69, 9.17) is 0 Å². The third-order valence-electron chi connectivity index (χ3n) is 3.35. The van der Waals surface area contributed by atoms with Gasteiger partial charge in [0.25, 0.3) is 0 Å². The maximum absolute atomic E-state index is 4.53. The van der Waals surface area contributed by atoms with Crippen molar-refractivity contribution in [3.05, 3.63) is 17.7 Å². The molecular weight excluding hydrogens is 200 g/mol. The van der Waals surface area contributed by atoms with E-state index in [1.54, 1.807) is 0 Å². The summed E-state index contributed by atoms with van der Waals surface area (Å²) in [5, 5.41) is 3.41. The molecule has 0 aromatic carbocycles. The highest BCUT2D eigenvalue weighted by Gasteiger charge is 2.14. The minimum absolute atomic E-state index is 0.579. The fourth-order valence-corrected chi connectivity index (χ4v) is 2.01. The first kappa shape index (κ1) is 11.6. The van der Waals surface area contributed by atoms with Crippen LogP contribution < -0.4 is 5.32 Å². The molecule has 1 aliphatic rings. The van der Waals surface area contributed by atoms with Gasteiger partial charge in [0.1, 0.15) is 5.82 Å². The molecule has 1 aromatic heterocycles. The van der Waals surface area contributed by atoms with Crippen molar-refractivity contribution in [2.45, 2.75) is 39.4 Å². The minimum Gasteiger partial charge on any atom is -0.329 e. The molecule has 4 heteroatoms. The van der Waals surface area contributed by atoms with Gasteiger partial charge in [0.2, 0.25) is 0 Å². The van der Waals surface area contributed by atoms with Crippen molar-refractivity contribution in [2.75, 3.05) is 20.1 Å². The molecule has 1 N–H and O–H groups in total. The summed E-state index contributed by atoms with van der Waals surface area (Å²) < 4.78 is 2.37. The van der Waals surface area contributed by atoms with Gasteiger partial charge in [-0.2, -0.15) is 0 Å². The van der Waals surface area contributed by atoms with Crippen molar-refractivity contribution in [1.82, 2.24) is 19.8 Å². The summed E-state index contributed by atoms with van der Waals surface area (Å²) in [5.74, 6) is 1.23. The lowest BCUT2D eigenvalue weighted by molar-refractivity contribution is 0.258. The number of fused-ring (bicyclic) bond motifs is 1. The van der Waals surface area contributed by atoms with Crippen LogP contribution in [-0.2, 0) is 19.5 Å². The monoisotopic (exact) mass is 222 g/mol. The van der Waals surface area contributed by atoms with Crippen LogP contribution in [0.2, 0.25) is 0 Å². The lowest BCUT2D eigenvalue weighted by Crippen LogP contribution is -2.27. The summed E-state index contributed by atoms with van der Waals surface area (Å²) in [7, 11) is 2.17. The highest BCUT2D eigenvalue weighted by molar-refractivity contribution is 5.07. The van der Waals surface area contributed by atoms with E-state index in [9.17, 15) is 0 Å². The first-order valence-corrected chi connectivity index (χ1v) is 6.12. The van der Waals surface area contributed by atoms with E-state index < -0.39 is 0 Å². The minimum atomic E-state index is 0.579. The summed E-state index contributed by atoms with van der Waals surface area (Å²) in [6.07, 6.45) is 3.09. The molecule has 0 aliphatic carbocycles. The van der Waals surface area contributed by atoms with Crippen LogP contribution in [0.25, 0.3) is 0 Å². The Labute approximate surface area is 97.7 Å². The van der Waals surface area contributed by atoms with Gasteiger partial charge in [-0.25, -0.2) is 4.98 Å². The Kier molecular flexibility index (Phi) is 3.61. The molecule has 0 spiro atoms. The second-order valence-corrected chi connectivity index (χ2v) is 4.83. The highest BCUT2D eigenvalue weighted by atomic mass is 15.2. The second kappa shape index (κ2) is 4.97. The molecule has 16 heavy (non-hydrogen) atoms. The SMILES string of the molecule is CC(C)N(C)Cc1cnc2n1CCNCC2. The van der Waals surface area contributed by atoms with Gasteiger partial charge in [-0.3, -0.25) is 4.90 Å². The van der Waals surface area contributed by atoms with Gasteiger partial charge in [0.15, 0.2) is 0 Å². The largest absolute Gasteiger partial charge is 0.329 e. The van der Waals surface area contributed by atoms with Gasteiger partial charge in [-0.05, 0) is 20.9 Å². The van der Waals surface area contributed by atoms with Crippen LogP contribution in [0.1, 0.15) is 25.4 Å². The number of nitrogens with zero attached hydrogens (tertiary/aromatic N) is 3. The third kappa shape index (κ3) is 2.44. The molecule has 2 heterocycles. The normalized spacial score (nSPS) is 16.6. The molecule has 0 atom stereocenters. The van der Waals surface area contributed by atoms with Crippen molar-refractivity contribution in [3.8, 4) is 0 Å². The molecule has 0 saturated heterocycles. The molecule has 0 amide bonds. The maximum atomic E-state index is 4.53. The number of rotatable bonds is 3. The van der Waals surface area contributed by atoms with Crippen LogP contribution in [-0.4, -0.2) is 40.6 Å². The van der Waals surface area contributed by atoms with Gasteiger partial charge in [-0.15, -0.1) is 0 Å². The topological polar surface area (TPSA) is 33.1 Å². The van der Waals surface area contributed by atoms with Crippen LogP contribution in [0.4, 0.5) is 0 Å². The predicted molar refractivity (Wildman–Crippen MR) is 65.4 cm³/mol. The lowest BCUT2D eigenvalue weighted by Gasteiger charge is -2.21. The lowest BCUT2D eigenvalue weighted by atomic mass is 10.3. The Morgan fingerprint density at radius 3 is 3.06 bits per heavy atom. The van der Waals surface area contributed by atoms with Crippen molar-refractivity contribution in [2.24, 2.45) is 0 Å². The van der Waals surface area contributed by atoms with E-state index in [-0.39, 0.29) is 0 Å². The van der Waals surface area contributed by atoms with Crippen LogP contribution in [0.5, 0.6) is 0 Å². The smallest absolute Gasteiger partial charge is 0.110 e. The molecule has 0 radical (unpaired) electrons. The molecular formula is C12H22N4. The summed E-state index contributed by atoms with van der Waals surface area (Å²) in [6.45, 7) is 8.60. The molecule has 1 aromatic rings. The van der Waals surface area contributed by atoms with Crippen LogP contribution in [0, 0.1) is 0 Å². The Morgan fingerprint density at radius 1 is 1.50 bits per heavy atom. The number of hydrogen-bond donors (Lipinski definition) is 1. The predicted octanol–water partition coefficient (Wildman–Crippen LogP) is 0.869. The molecule has 2 rings (SSSR count). The number of imidazole rings is 1. The Hall–Kier alpha value is -0.870. The highest BCUT2D eigenvalue weighted by Crippen LogP contribution is 2.11. The third-order valence-corrected chi connectivity index (χ3v) is 3.35. The van der Waals surface area contributed by atoms with E-state index in [2.05, 4.69) is 40.7 Å². The van der Waals surface area contributed by atoms with Crippen molar-refractivity contribution in [1.29, 1.82) is 0 Å². The molecule has 0 unspecified atom stereocenters. The zero-order valence-electron chi connectivity index (χ0n) is 10.5. The molecule has 1 aliphatic heterocycles. The summed E-state index contributed by atoms with van der Waals surface area (Å²) in [4.78, 5) is 6.88. The molecule has 0 saturated carbocycles. The number of aromatic nitrogens is 2. The Morgan fingerprint density at radius 2 is 2.31 bits per heavy atom. The summed E-state index contributed by atoms with van der Waals surface area (Å²) >= 11 is 0. The standard InChI is InChI=1S/C12H22N4/c1-10(2)15(3)9-11-8-14-12-4-5-13-6-7-16(11)12/h8,10,13H,4-7,9H2,1-3H3. The van der Waals surface area contributed by atoms with Crippen LogP contribution in [0.3, 0.4) is 0 Å². The van der Waals surface area contributed by atoms with E-state index in [0.29, 0.717) is 6.04 Å². The first-order valence-electron chi connectivity index (χ1n) is 6.12. The van der Waals surface area contributed by atoms with Gasteiger partial charge in [0, 0.05) is 44.8 Å². The number of hydrogen-bond acceptors (Lipinski definition) is 3. The van der Waals surface area contributed by atoms with Crippen molar-refractivity contribution in [3.63, 3.8) is 0 Å². The van der Waals surface area contributed by atoms with E-state index in [1.807, 2.05) is 6.20 Å². The van der Waals surface area contributed by atoms with Gasteiger partial charge in [0.05, 0.1) is 5.69 Å². The zero-order chi connectivity index (χ0) is 11.5. The average molecular weight is 222 g/mol. The van der Waals surface area contributed by atoms with E-state index in [0.717, 1.165) is 32.6 Å². The molecule has 90 valence electrons. The Bertz CT molecular complexity index is 343. The van der Waals surface area contributed by atoms with Crippen molar-refractivity contribution < 1.29 is 0 Å². The zero-order valence-corrected chi connectivity index (χ0v) is 10.5. The van der Waals surface area contributed by atoms with Gasteiger partial charge >= 0.3 is 0 Å². The van der Waals surface area contributed by atoms with E-state index in [1.165, 1.54) is 11.5 Å². The number of nitrogens with one attached hydrogen (secondary N) is 1. The second-order valence-electron chi connectivity index (χ2n) is 4.83. The summed E-state index contributed by atoms with van der Waals surface area (Å²) in [5.41, 5.74) is 1.34. The molecule has 0 fully saturated rings.